The van der Waals surface area contributed by atoms with E-state index in [0.717, 1.165) is 17.0 Å². The predicted octanol–water partition coefficient (Wildman–Crippen LogP) is 1.28. The molecule has 0 saturated heterocycles. The standard InChI is InChI=1S/C14H17N3O2/c1-19-13-5-3-2-4-11(13)8-14(18)17-10-16-9-12(17)6-7-15/h2-5,9-10H,6-8,15H2,1H3. The Kier molecular flexibility index (Phi) is 4.30. The first kappa shape index (κ1) is 13.3. The molecule has 5 heteroatoms. The Bertz CT molecular complexity index is 563. The van der Waals surface area contributed by atoms with Gasteiger partial charge in [0.05, 0.1) is 13.5 Å². The third-order valence-corrected chi connectivity index (χ3v) is 2.92. The van der Waals surface area contributed by atoms with Crippen LogP contribution in [0.15, 0.2) is 36.8 Å². The molecule has 0 amide bonds. The van der Waals surface area contributed by atoms with E-state index in [1.807, 2.05) is 24.3 Å². The molecule has 1 heterocycles. The van der Waals surface area contributed by atoms with Crippen LogP contribution in [0.25, 0.3) is 0 Å². The molecule has 100 valence electrons. The molecule has 1 aromatic heterocycles. The average Bonchev–Trinajstić information content (AvgIpc) is 2.88. The number of hydrogen-bond donors (Lipinski definition) is 1. The second-order valence-corrected chi connectivity index (χ2v) is 4.18. The van der Waals surface area contributed by atoms with Crippen molar-refractivity contribution in [2.45, 2.75) is 12.8 Å². The van der Waals surface area contributed by atoms with Gasteiger partial charge in [-0.1, -0.05) is 18.2 Å². The molecule has 2 aromatic rings. The van der Waals surface area contributed by atoms with Gasteiger partial charge in [-0.3, -0.25) is 9.36 Å². The quantitative estimate of drug-likeness (QED) is 0.878. The summed E-state index contributed by atoms with van der Waals surface area (Å²) in [6, 6.07) is 7.50. The van der Waals surface area contributed by atoms with Crippen molar-refractivity contribution in [2.75, 3.05) is 13.7 Å². The number of hydrogen-bond acceptors (Lipinski definition) is 4. The van der Waals surface area contributed by atoms with E-state index >= 15 is 0 Å². The molecular weight excluding hydrogens is 242 g/mol. The van der Waals surface area contributed by atoms with Gasteiger partial charge in [0, 0.05) is 23.9 Å². The summed E-state index contributed by atoms with van der Waals surface area (Å²) in [5, 5.41) is 0. The van der Waals surface area contributed by atoms with E-state index in [2.05, 4.69) is 4.98 Å². The third-order valence-electron chi connectivity index (χ3n) is 2.92. The van der Waals surface area contributed by atoms with Crippen LogP contribution in [0.5, 0.6) is 5.75 Å². The molecule has 0 bridgehead atoms. The van der Waals surface area contributed by atoms with Crippen LogP contribution in [0, 0.1) is 0 Å². The number of methoxy groups -OCH3 is 1. The molecular formula is C14H17N3O2. The van der Waals surface area contributed by atoms with Crippen LogP contribution < -0.4 is 10.5 Å². The maximum atomic E-state index is 12.3. The number of carbonyl (C=O) groups is 1. The zero-order valence-electron chi connectivity index (χ0n) is 10.9. The van der Waals surface area contributed by atoms with E-state index in [9.17, 15) is 4.79 Å². The molecule has 0 aliphatic rings. The van der Waals surface area contributed by atoms with E-state index in [-0.39, 0.29) is 12.3 Å². The van der Waals surface area contributed by atoms with Crippen molar-refractivity contribution in [3.63, 3.8) is 0 Å². The lowest BCUT2D eigenvalue weighted by Crippen LogP contribution is -2.17. The van der Waals surface area contributed by atoms with Gasteiger partial charge in [0.1, 0.15) is 12.1 Å². The number of nitrogens with two attached hydrogens (primary N) is 1. The number of para-hydroxylation sites is 1. The van der Waals surface area contributed by atoms with Crippen LogP contribution in [0.1, 0.15) is 16.1 Å². The summed E-state index contributed by atoms with van der Waals surface area (Å²) in [4.78, 5) is 16.3. The Morgan fingerprint density at radius 3 is 2.95 bits per heavy atom. The zero-order chi connectivity index (χ0) is 13.7. The summed E-state index contributed by atoms with van der Waals surface area (Å²) in [6.07, 6.45) is 4.12. The van der Waals surface area contributed by atoms with Gasteiger partial charge in [0.2, 0.25) is 5.91 Å². The Morgan fingerprint density at radius 1 is 1.42 bits per heavy atom. The third kappa shape index (κ3) is 3.00. The average molecular weight is 259 g/mol. The minimum Gasteiger partial charge on any atom is -0.496 e. The van der Waals surface area contributed by atoms with E-state index < -0.39 is 0 Å². The topological polar surface area (TPSA) is 70.1 Å². The van der Waals surface area contributed by atoms with Gasteiger partial charge < -0.3 is 10.5 Å². The van der Waals surface area contributed by atoms with Crippen LogP contribution >= 0.6 is 0 Å². The van der Waals surface area contributed by atoms with Gasteiger partial charge >= 0.3 is 0 Å². The minimum atomic E-state index is -0.0366. The minimum absolute atomic E-state index is 0.0366. The highest BCUT2D eigenvalue weighted by Gasteiger charge is 2.12. The Morgan fingerprint density at radius 2 is 2.21 bits per heavy atom. The summed E-state index contributed by atoms with van der Waals surface area (Å²) in [5.41, 5.74) is 7.21. The summed E-state index contributed by atoms with van der Waals surface area (Å²) < 4.78 is 6.80. The van der Waals surface area contributed by atoms with Crippen LogP contribution in [-0.4, -0.2) is 29.1 Å². The van der Waals surface area contributed by atoms with Crippen LogP contribution in [0.2, 0.25) is 0 Å². The molecule has 0 saturated carbocycles. The number of rotatable bonds is 5. The number of ether oxygens (including phenoxy) is 1. The molecule has 2 N–H and O–H groups in total. The van der Waals surface area contributed by atoms with E-state index in [1.165, 1.54) is 6.33 Å². The van der Waals surface area contributed by atoms with Crippen molar-refractivity contribution in [3.8, 4) is 5.75 Å². The monoisotopic (exact) mass is 259 g/mol. The molecule has 0 spiro atoms. The van der Waals surface area contributed by atoms with Crippen molar-refractivity contribution in [2.24, 2.45) is 5.73 Å². The van der Waals surface area contributed by atoms with Crippen molar-refractivity contribution in [1.29, 1.82) is 0 Å². The molecule has 0 atom stereocenters. The fraction of sp³-hybridized carbons (Fsp3) is 0.286. The fourth-order valence-electron chi connectivity index (χ4n) is 1.98. The van der Waals surface area contributed by atoms with Crippen LogP contribution in [0.4, 0.5) is 0 Å². The molecule has 19 heavy (non-hydrogen) atoms. The van der Waals surface area contributed by atoms with Gasteiger partial charge in [-0.2, -0.15) is 0 Å². The molecule has 0 aliphatic heterocycles. The zero-order valence-corrected chi connectivity index (χ0v) is 10.9. The molecule has 0 radical (unpaired) electrons. The number of benzene rings is 1. The first-order valence-electron chi connectivity index (χ1n) is 6.12. The smallest absolute Gasteiger partial charge is 0.236 e. The van der Waals surface area contributed by atoms with Crippen molar-refractivity contribution < 1.29 is 9.53 Å². The number of nitrogens with zero attached hydrogens (tertiary/aromatic N) is 2. The van der Waals surface area contributed by atoms with E-state index in [1.54, 1.807) is 17.9 Å². The SMILES string of the molecule is COc1ccccc1CC(=O)n1cncc1CCN. The largest absolute Gasteiger partial charge is 0.496 e. The first-order valence-corrected chi connectivity index (χ1v) is 6.12. The fourth-order valence-corrected chi connectivity index (χ4v) is 1.98. The molecule has 0 unspecified atom stereocenters. The van der Waals surface area contributed by atoms with E-state index in [4.69, 9.17) is 10.5 Å². The van der Waals surface area contributed by atoms with Gasteiger partial charge in [-0.15, -0.1) is 0 Å². The molecule has 1 aromatic carbocycles. The van der Waals surface area contributed by atoms with Crippen LogP contribution in [0.3, 0.4) is 0 Å². The molecule has 2 rings (SSSR count). The molecule has 0 aliphatic carbocycles. The van der Waals surface area contributed by atoms with Crippen molar-refractivity contribution >= 4 is 5.91 Å². The maximum absolute atomic E-state index is 12.3. The lowest BCUT2D eigenvalue weighted by molar-refractivity contribution is 0.0910. The molecule has 0 fully saturated rings. The van der Waals surface area contributed by atoms with Crippen molar-refractivity contribution in [3.05, 3.63) is 48.0 Å². The van der Waals surface area contributed by atoms with Gasteiger partial charge in [-0.05, 0) is 12.6 Å². The number of imidazole rings is 1. The summed E-state index contributed by atoms with van der Waals surface area (Å²) in [5.74, 6) is 0.682. The predicted molar refractivity (Wildman–Crippen MR) is 72.3 cm³/mol. The van der Waals surface area contributed by atoms with Gasteiger partial charge in [0.25, 0.3) is 0 Å². The Labute approximate surface area is 112 Å². The lowest BCUT2D eigenvalue weighted by Gasteiger charge is -2.09. The summed E-state index contributed by atoms with van der Waals surface area (Å²) in [7, 11) is 1.60. The maximum Gasteiger partial charge on any atom is 0.236 e. The van der Waals surface area contributed by atoms with E-state index in [0.29, 0.717) is 13.0 Å². The van der Waals surface area contributed by atoms with Crippen LogP contribution in [-0.2, 0) is 12.8 Å². The Hall–Kier alpha value is -2.14. The summed E-state index contributed by atoms with van der Waals surface area (Å²) >= 11 is 0. The second kappa shape index (κ2) is 6.15. The number of aromatic nitrogens is 2. The normalized spacial score (nSPS) is 10.4. The first-order chi connectivity index (χ1) is 9.26. The highest BCUT2D eigenvalue weighted by Crippen LogP contribution is 2.18. The number of carbonyl (C=O) groups excluding carboxylic acids is 1. The molecule has 5 nitrogen and oxygen atoms in total. The highest BCUT2D eigenvalue weighted by atomic mass is 16.5. The second-order valence-electron chi connectivity index (χ2n) is 4.18. The Balaban J connectivity index is 2.18. The van der Waals surface area contributed by atoms with Crippen molar-refractivity contribution in [1.82, 2.24) is 9.55 Å². The van der Waals surface area contributed by atoms with Gasteiger partial charge in [0.15, 0.2) is 0 Å². The highest BCUT2D eigenvalue weighted by molar-refractivity contribution is 5.82. The van der Waals surface area contributed by atoms with Gasteiger partial charge in [-0.25, -0.2) is 4.98 Å². The lowest BCUT2D eigenvalue weighted by atomic mass is 10.1. The summed E-state index contributed by atoms with van der Waals surface area (Å²) in [6.45, 7) is 0.494.